The van der Waals surface area contributed by atoms with Crippen LogP contribution >= 0.6 is 0 Å². The second kappa shape index (κ2) is 10.0. The largest absolute Gasteiger partial charge is 0.493 e. The average molecular weight is 368 g/mol. The van der Waals surface area contributed by atoms with E-state index in [0.29, 0.717) is 17.1 Å². The van der Waals surface area contributed by atoms with Crippen molar-refractivity contribution >= 4 is 17.9 Å². The number of carbonyl (C=O) groups is 2. The molecule has 6 nitrogen and oxygen atoms in total. The third-order valence-corrected chi connectivity index (χ3v) is 3.85. The van der Waals surface area contributed by atoms with E-state index in [1.165, 1.54) is 7.05 Å². The maximum atomic E-state index is 12.3. The molecule has 2 aromatic rings. The summed E-state index contributed by atoms with van der Waals surface area (Å²) < 4.78 is 10.9. The molecule has 0 heterocycles. The molecule has 1 atom stereocenters. The molecule has 0 bridgehead atoms. The van der Waals surface area contributed by atoms with Crippen LogP contribution in [0.25, 0.3) is 6.08 Å². The Kier molecular flexibility index (Phi) is 7.43. The lowest BCUT2D eigenvalue weighted by molar-refractivity contribution is -0.129. The molecule has 0 spiro atoms. The average Bonchev–Trinajstić information content (AvgIpc) is 2.71. The highest BCUT2D eigenvalue weighted by Crippen LogP contribution is 2.28. The van der Waals surface area contributed by atoms with Gasteiger partial charge in [0.1, 0.15) is 6.04 Å². The number of nitrogens with one attached hydrogen (secondary N) is 2. The molecular formula is C21H24N2O4. The van der Waals surface area contributed by atoms with Crippen LogP contribution in [-0.4, -0.2) is 32.6 Å². The van der Waals surface area contributed by atoms with Gasteiger partial charge in [0.05, 0.1) is 7.11 Å². The van der Waals surface area contributed by atoms with Gasteiger partial charge in [0, 0.05) is 7.05 Å². The lowest BCUT2D eigenvalue weighted by Crippen LogP contribution is -2.41. The first-order chi connectivity index (χ1) is 13.1. The molecule has 2 aromatic carbocycles. The second-order valence-electron chi connectivity index (χ2n) is 5.72. The first-order valence-corrected chi connectivity index (χ1v) is 8.58. The summed E-state index contributed by atoms with van der Waals surface area (Å²) in [6, 6.07) is 13.7. The van der Waals surface area contributed by atoms with Crippen molar-refractivity contribution in [3.8, 4) is 11.5 Å². The van der Waals surface area contributed by atoms with Crippen LogP contribution in [0.4, 0.5) is 0 Å². The summed E-state index contributed by atoms with van der Waals surface area (Å²) in [7, 11) is 3.07. The lowest BCUT2D eigenvalue weighted by Gasteiger charge is -2.18. The Morgan fingerprint density at radius 3 is 2.48 bits per heavy atom. The van der Waals surface area contributed by atoms with E-state index >= 15 is 0 Å². The van der Waals surface area contributed by atoms with E-state index in [4.69, 9.17) is 9.47 Å². The van der Waals surface area contributed by atoms with Crippen LogP contribution in [0.15, 0.2) is 54.6 Å². The van der Waals surface area contributed by atoms with Crippen molar-refractivity contribution in [2.75, 3.05) is 20.8 Å². The molecule has 0 aliphatic carbocycles. The summed E-state index contributed by atoms with van der Waals surface area (Å²) in [6.07, 6.45) is 3.86. The van der Waals surface area contributed by atoms with Gasteiger partial charge in [-0.15, -0.1) is 0 Å². The zero-order chi connectivity index (χ0) is 19.6. The maximum absolute atomic E-state index is 12.3. The fraction of sp³-hybridized carbons (Fsp3) is 0.238. The molecular weight excluding hydrogens is 344 g/mol. The number of amides is 2. The first kappa shape index (κ1) is 20.0. The molecule has 2 N–H and O–H groups in total. The molecule has 0 saturated carbocycles. The minimum absolute atomic E-state index is 0.236. The summed E-state index contributed by atoms with van der Waals surface area (Å²) in [5, 5.41) is 5.25. The van der Waals surface area contributed by atoms with Crippen LogP contribution in [0.1, 0.15) is 24.1 Å². The van der Waals surface area contributed by atoms with E-state index in [1.54, 1.807) is 25.3 Å². The molecule has 27 heavy (non-hydrogen) atoms. The Labute approximate surface area is 159 Å². The van der Waals surface area contributed by atoms with E-state index in [-0.39, 0.29) is 12.5 Å². The molecule has 0 aliphatic heterocycles. The van der Waals surface area contributed by atoms with Crippen molar-refractivity contribution in [1.29, 1.82) is 0 Å². The van der Waals surface area contributed by atoms with Crippen LogP contribution in [-0.2, 0) is 9.59 Å². The zero-order valence-corrected chi connectivity index (χ0v) is 15.7. The summed E-state index contributed by atoms with van der Waals surface area (Å²) in [5.41, 5.74) is 1.66. The summed E-state index contributed by atoms with van der Waals surface area (Å²) in [5.74, 6) is 0.274. The van der Waals surface area contributed by atoms with Gasteiger partial charge in [-0.2, -0.15) is 0 Å². The lowest BCUT2D eigenvalue weighted by atomic mass is 10.1. The molecule has 1 unspecified atom stereocenters. The number of hydrogen-bond donors (Lipinski definition) is 2. The summed E-state index contributed by atoms with van der Waals surface area (Å²) >= 11 is 0. The van der Waals surface area contributed by atoms with Crippen LogP contribution in [0.3, 0.4) is 0 Å². The highest BCUT2D eigenvalue weighted by atomic mass is 16.5. The minimum Gasteiger partial charge on any atom is -0.493 e. The Hall–Kier alpha value is -3.28. The first-order valence-electron chi connectivity index (χ1n) is 8.58. The van der Waals surface area contributed by atoms with Crippen molar-refractivity contribution < 1.29 is 19.1 Å². The number of likely N-dealkylation sites (N-methyl/N-ethyl adjacent to an activating group) is 1. The monoisotopic (exact) mass is 368 g/mol. The fourth-order valence-corrected chi connectivity index (χ4v) is 2.54. The summed E-state index contributed by atoms with van der Waals surface area (Å²) in [4.78, 5) is 24.4. The molecule has 6 heteroatoms. The molecule has 2 amide bonds. The Balaban J connectivity index is 2.05. The highest BCUT2D eigenvalue weighted by Gasteiger charge is 2.21. The van der Waals surface area contributed by atoms with Crippen molar-refractivity contribution in [3.63, 3.8) is 0 Å². The number of benzene rings is 2. The van der Waals surface area contributed by atoms with Crippen molar-refractivity contribution in [1.82, 2.24) is 10.6 Å². The van der Waals surface area contributed by atoms with Gasteiger partial charge < -0.3 is 20.1 Å². The van der Waals surface area contributed by atoms with Gasteiger partial charge >= 0.3 is 0 Å². The number of hydrogen-bond acceptors (Lipinski definition) is 4. The van der Waals surface area contributed by atoms with Crippen molar-refractivity contribution in [3.05, 3.63) is 65.7 Å². The SMILES string of the molecule is C/C=C/c1ccc(OCC(=O)NC(C(=O)NC)c2ccccc2)c(OC)c1. The molecule has 0 saturated heterocycles. The normalized spacial score (nSPS) is 11.7. The van der Waals surface area contributed by atoms with Gasteiger partial charge in [-0.3, -0.25) is 9.59 Å². The predicted molar refractivity (Wildman–Crippen MR) is 105 cm³/mol. The van der Waals surface area contributed by atoms with E-state index in [1.807, 2.05) is 49.4 Å². The quantitative estimate of drug-likeness (QED) is 0.751. The van der Waals surface area contributed by atoms with Crippen LogP contribution in [0.2, 0.25) is 0 Å². The predicted octanol–water partition coefficient (Wildman–Crippen LogP) is 2.71. The van der Waals surface area contributed by atoms with Crippen LogP contribution in [0.5, 0.6) is 11.5 Å². The van der Waals surface area contributed by atoms with Gasteiger partial charge in [-0.25, -0.2) is 0 Å². The zero-order valence-electron chi connectivity index (χ0n) is 15.7. The molecule has 0 aromatic heterocycles. The van der Waals surface area contributed by atoms with Crippen molar-refractivity contribution in [2.45, 2.75) is 13.0 Å². The topological polar surface area (TPSA) is 76.7 Å². The van der Waals surface area contributed by atoms with Gasteiger partial charge in [0.15, 0.2) is 18.1 Å². The van der Waals surface area contributed by atoms with Crippen LogP contribution in [0, 0.1) is 0 Å². The fourth-order valence-electron chi connectivity index (χ4n) is 2.54. The van der Waals surface area contributed by atoms with Crippen LogP contribution < -0.4 is 20.1 Å². The number of allylic oxidation sites excluding steroid dienone is 1. The summed E-state index contributed by atoms with van der Waals surface area (Å²) in [6.45, 7) is 1.69. The second-order valence-corrected chi connectivity index (χ2v) is 5.72. The third-order valence-electron chi connectivity index (χ3n) is 3.85. The Morgan fingerprint density at radius 2 is 1.85 bits per heavy atom. The van der Waals surface area contributed by atoms with E-state index in [2.05, 4.69) is 10.6 Å². The number of rotatable bonds is 8. The number of carbonyl (C=O) groups excluding carboxylic acids is 2. The van der Waals surface area contributed by atoms with Gasteiger partial charge in [0.25, 0.3) is 5.91 Å². The van der Waals surface area contributed by atoms with E-state index in [9.17, 15) is 9.59 Å². The molecule has 2 rings (SSSR count). The van der Waals surface area contributed by atoms with E-state index in [0.717, 1.165) is 5.56 Å². The van der Waals surface area contributed by atoms with Gasteiger partial charge in [0.2, 0.25) is 5.91 Å². The third kappa shape index (κ3) is 5.60. The maximum Gasteiger partial charge on any atom is 0.258 e. The van der Waals surface area contributed by atoms with E-state index < -0.39 is 11.9 Å². The number of ether oxygens (including phenoxy) is 2. The molecule has 0 fully saturated rings. The molecule has 0 aliphatic rings. The smallest absolute Gasteiger partial charge is 0.258 e. The number of methoxy groups -OCH3 is 1. The van der Waals surface area contributed by atoms with Crippen molar-refractivity contribution in [2.24, 2.45) is 0 Å². The standard InChI is InChI=1S/C21H24N2O4/c1-4-8-15-11-12-17(18(13-15)26-3)27-14-19(24)23-20(21(25)22-2)16-9-6-5-7-10-16/h4-13,20H,14H2,1-3H3,(H,22,25)(H,23,24)/b8-4+. The van der Waals surface area contributed by atoms with Gasteiger partial charge in [-0.1, -0.05) is 48.6 Å². The highest BCUT2D eigenvalue weighted by molar-refractivity contribution is 5.89. The molecule has 142 valence electrons. The minimum atomic E-state index is -0.786. The molecule has 0 radical (unpaired) electrons. The Morgan fingerprint density at radius 1 is 1.11 bits per heavy atom. The van der Waals surface area contributed by atoms with Gasteiger partial charge in [-0.05, 0) is 30.2 Å². The Bertz CT molecular complexity index is 803.